The zero-order valence-electron chi connectivity index (χ0n) is 16.5. The molecule has 3 aromatic rings. The first kappa shape index (κ1) is 20.1. The maximum Gasteiger partial charge on any atom is 0.251 e. The van der Waals surface area contributed by atoms with E-state index in [1.807, 2.05) is 48.5 Å². The number of amides is 2. The molecule has 0 spiro atoms. The monoisotopic (exact) mass is 417 g/mol. The molecule has 0 fully saturated rings. The largest absolute Gasteiger partial charge is 0.365 e. The molecule has 6 heteroatoms. The fourth-order valence-electron chi connectivity index (χ4n) is 3.67. The van der Waals surface area contributed by atoms with E-state index in [-0.39, 0.29) is 5.91 Å². The number of nitrogens with one attached hydrogen (secondary N) is 1. The van der Waals surface area contributed by atoms with Crippen molar-refractivity contribution in [3.05, 3.63) is 93.9 Å². The second-order valence-electron chi connectivity index (χ2n) is 7.25. The summed E-state index contributed by atoms with van der Waals surface area (Å²) in [5, 5.41) is 3.40. The third-order valence-electron chi connectivity index (χ3n) is 5.09. The lowest BCUT2D eigenvalue weighted by Crippen LogP contribution is -2.30. The van der Waals surface area contributed by atoms with E-state index in [1.165, 1.54) is 23.0 Å². The van der Waals surface area contributed by atoms with E-state index in [0.29, 0.717) is 10.6 Å². The van der Waals surface area contributed by atoms with E-state index in [1.54, 1.807) is 6.08 Å². The Kier molecular flexibility index (Phi) is 6.07. The van der Waals surface area contributed by atoms with Crippen molar-refractivity contribution in [1.82, 2.24) is 4.90 Å². The molecule has 5 nitrogen and oxygen atoms in total. The summed E-state index contributed by atoms with van der Waals surface area (Å²) >= 11 is 1.45. The molecule has 1 aliphatic rings. The van der Waals surface area contributed by atoms with Gasteiger partial charge in [-0.3, -0.25) is 14.5 Å². The van der Waals surface area contributed by atoms with Gasteiger partial charge in [0.2, 0.25) is 5.91 Å². The average Bonchev–Trinajstić information content (AvgIpc) is 3.11. The lowest BCUT2D eigenvalue weighted by molar-refractivity contribution is -0.111. The van der Waals surface area contributed by atoms with Crippen LogP contribution in [0.5, 0.6) is 0 Å². The number of benzene rings is 2. The maximum atomic E-state index is 12.4. The highest BCUT2D eigenvalue weighted by Gasteiger charge is 2.27. The van der Waals surface area contributed by atoms with Crippen molar-refractivity contribution in [3.63, 3.8) is 0 Å². The molecule has 4 rings (SSSR count). The molecule has 0 saturated carbocycles. The second-order valence-corrected chi connectivity index (χ2v) is 8.36. The quantitative estimate of drug-likeness (QED) is 0.594. The van der Waals surface area contributed by atoms with Crippen molar-refractivity contribution >= 4 is 34.2 Å². The zero-order chi connectivity index (χ0) is 20.9. The number of anilines is 1. The lowest BCUT2D eigenvalue weighted by atomic mass is 10.0. The Balaban J connectivity index is 1.50. The Morgan fingerprint density at radius 3 is 2.47 bits per heavy atom. The Labute approximate surface area is 179 Å². The molecule has 2 heterocycles. The number of carbonyl (C=O) groups excluding carboxylic acids is 2. The van der Waals surface area contributed by atoms with Gasteiger partial charge in [0.25, 0.3) is 5.91 Å². The second kappa shape index (κ2) is 9.07. The third kappa shape index (κ3) is 4.67. The van der Waals surface area contributed by atoms with Crippen LogP contribution < -0.4 is 11.1 Å². The molecule has 0 unspecified atom stereocenters. The molecule has 0 atom stereocenters. The van der Waals surface area contributed by atoms with Crippen LogP contribution in [0.4, 0.5) is 5.00 Å². The highest BCUT2D eigenvalue weighted by atomic mass is 32.1. The highest BCUT2D eigenvalue weighted by Crippen LogP contribution is 2.37. The summed E-state index contributed by atoms with van der Waals surface area (Å²) in [6, 6.07) is 19.9. The van der Waals surface area contributed by atoms with Gasteiger partial charge < -0.3 is 11.1 Å². The molecule has 152 valence electrons. The highest BCUT2D eigenvalue weighted by molar-refractivity contribution is 7.17. The van der Waals surface area contributed by atoms with Crippen LogP contribution in [-0.4, -0.2) is 23.3 Å². The number of rotatable bonds is 6. The van der Waals surface area contributed by atoms with Crippen LogP contribution in [0, 0.1) is 0 Å². The standard InChI is InChI=1S/C24H23N3O2S/c25-23(29)22-19-13-14-27(15-18-9-5-2-6-10-18)16-20(19)30-24(22)26-21(28)12-11-17-7-3-1-4-8-17/h1-12H,13-16H2,(H2,25,29)(H,26,28)/b12-11-. The normalized spacial score (nSPS) is 13.9. The van der Waals surface area contributed by atoms with Gasteiger partial charge in [-0.2, -0.15) is 0 Å². The molecule has 2 aromatic carbocycles. The van der Waals surface area contributed by atoms with Crippen LogP contribution >= 0.6 is 11.3 Å². The van der Waals surface area contributed by atoms with Gasteiger partial charge in [-0.25, -0.2) is 0 Å². The van der Waals surface area contributed by atoms with Crippen LogP contribution in [0.2, 0.25) is 0 Å². The summed E-state index contributed by atoms with van der Waals surface area (Å²) in [5.41, 5.74) is 9.28. The molecule has 2 amide bonds. The molecule has 1 aromatic heterocycles. The van der Waals surface area contributed by atoms with Gasteiger partial charge in [0.05, 0.1) is 5.56 Å². The summed E-state index contributed by atoms with van der Waals surface area (Å²) in [7, 11) is 0. The first-order chi connectivity index (χ1) is 14.6. The number of hydrogen-bond donors (Lipinski definition) is 2. The first-order valence-corrected chi connectivity index (χ1v) is 10.7. The average molecular weight is 418 g/mol. The Hall–Kier alpha value is -3.22. The van der Waals surface area contributed by atoms with Crippen LogP contribution in [-0.2, 0) is 24.3 Å². The van der Waals surface area contributed by atoms with Gasteiger partial charge in [0.1, 0.15) is 5.00 Å². The Morgan fingerprint density at radius 1 is 1.07 bits per heavy atom. The summed E-state index contributed by atoms with van der Waals surface area (Å²) in [4.78, 5) is 28.0. The van der Waals surface area contributed by atoms with Crippen molar-refractivity contribution in [2.75, 3.05) is 11.9 Å². The molecule has 0 radical (unpaired) electrons. The van der Waals surface area contributed by atoms with E-state index < -0.39 is 5.91 Å². The summed E-state index contributed by atoms with van der Waals surface area (Å²) in [5.74, 6) is -0.771. The van der Waals surface area contributed by atoms with Crippen LogP contribution in [0.1, 0.15) is 31.9 Å². The van der Waals surface area contributed by atoms with Gasteiger partial charge in [-0.05, 0) is 29.2 Å². The predicted molar refractivity (Wildman–Crippen MR) is 121 cm³/mol. The van der Waals surface area contributed by atoms with E-state index >= 15 is 0 Å². The van der Waals surface area contributed by atoms with Crippen LogP contribution in [0.25, 0.3) is 6.08 Å². The minimum Gasteiger partial charge on any atom is -0.365 e. The SMILES string of the molecule is NC(=O)c1c(NC(=O)/C=C\c2ccccc2)sc2c1CCN(Cc1ccccc1)C2. The van der Waals surface area contributed by atoms with Crippen molar-refractivity contribution in [3.8, 4) is 0 Å². The minimum atomic E-state index is -0.494. The van der Waals surface area contributed by atoms with Gasteiger partial charge in [0.15, 0.2) is 0 Å². The topological polar surface area (TPSA) is 75.4 Å². The molecular weight excluding hydrogens is 394 g/mol. The summed E-state index contributed by atoms with van der Waals surface area (Å²) in [6.07, 6.45) is 3.96. The van der Waals surface area contributed by atoms with E-state index in [2.05, 4.69) is 22.3 Å². The zero-order valence-corrected chi connectivity index (χ0v) is 17.3. The molecule has 0 saturated heterocycles. The smallest absolute Gasteiger partial charge is 0.251 e. The van der Waals surface area contributed by atoms with Gasteiger partial charge >= 0.3 is 0 Å². The van der Waals surface area contributed by atoms with E-state index in [9.17, 15) is 9.59 Å². The third-order valence-corrected chi connectivity index (χ3v) is 6.23. The van der Waals surface area contributed by atoms with E-state index in [4.69, 9.17) is 5.73 Å². The predicted octanol–water partition coefficient (Wildman–Crippen LogP) is 4.06. The lowest BCUT2D eigenvalue weighted by Gasteiger charge is -2.27. The van der Waals surface area contributed by atoms with Crippen LogP contribution in [0.3, 0.4) is 0 Å². The van der Waals surface area contributed by atoms with Crippen molar-refractivity contribution in [1.29, 1.82) is 0 Å². The van der Waals surface area contributed by atoms with E-state index in [0.717, 1.165) is 42.1 Å². The fourth-order valence-corrected chi connectivity index (χ4v) is 4.97. The number of thiophene rings is 1. The maximum absolute atomic E-state index is 12.4. The number of carbonyl (C=O) groups is 2. The van der Waals surface area contributed by atoms with Crippen molar-refractivity contribution in [2.24, 2.45) is 5.73 Å². The summed E-state index contributed by atoms with van der Waals surface area (Å²) in [6.45, 7) is 2.44. The van der Waals surface area contributed by atoms with Crippen molar-refractivity contribution < 1.29 is 9.59 Å². The van der Waals surface area contributed by atoms with Gasteiger partial charge in [0, 0.05) is 30.6 Å². The van der Waals surface area contributed by atoms with Crippen LogP contribution in [0.15, 0.2) is 66.7 Å². The molecular formula is C24H23N3O2S. The number of primary amides is 1. The Morgan fingerprint density at radius 2 is 1.77 bits per heavy atom. The minimum absolute atomic E-state index is 0.277. The van der Waals surface area contributed by atoms with Gasteiger partial charge in [-0.1, -0.05) is 60.7 Å². The van der Waals surface area contributed by atoms with Gasteiger partial charge in [-0.15, -0.1) is 11.3 Å². The Bertz CT molecular complexity index is 1070. The first-order valence-electron chi connectivity index (χ1n) is 9.85. The number of nitrogens with two attached hydrogens (primary N) is 1. The molecule has 0 bridgehead atoms. The molecule has 30 heavy (non-hydrogen) atoms. The summed E-state index contributed by atoms with van der Waals surface area (Å²) < 4.78 is 0. The molecule has 3 N–H and O–H groups in total. The molecule has 1 aliphatic heterocycles. The van der Waals surface area contributed by atoms with Crippen molar-refractivity contribution in [2.45, 2.75) is 19.5 Å². The number of hydrogen-bond acceptors (Lipinski definition) is 4. The fraction of sp³-hybridized carbons (Fsp3) is 0.167. The number of fused-ring (bicyclic) bond motifs is 1. The number of nitrogens with zero attached hydrogens (tertiary/aromatic N) is 1. The molecule has 0 aliphatic carbocycles.